The van der Waals surface area contributed by atoms with E-state index >= 15 is 0 Å². The Kier molecular flexibility index (Phi) is 6.35. The van der Waals surface area contributed by atoms with Crippen molar-refractivity contribution in [3.63, 3.8) is 0 Å². The van der Waals surface area contributed by atoms with Crippen molar-refractivity contribution < 1.29 is 4.79 Å². The van der Waals surface area contributed by atoms with Gasteiger partial charge in [0.1, 0.15) is 0 Å². The van der Waals surface area contributed by atoms with Crippen LogP contribution in [0.4, 0.5) is 0 Å². The lowest BCUT2D eigenvalue weighted by atomic mass is 9.84. The van der Waals surface area contributed by atoms with E-state index in [4.69, 9.17) is 0 Å². The molecule has 4 rings (SSSR count). The zero-order chi connectivity index (χ0) is 20.5. The maximum atomic E-state index is 12.9. The Morgan fingerprint density at radius 1 is 1.38 bits per heavy atom. The van der Waals surface area contributed by atoms with Gasteiger partial charge in [0.15, 0.2) is 5.16 Å². The van der Waals surface area contributed by atoms with Gasteiger partial charge in [-0.1, -0.05) is 41.0 Å². The summed E-state index contributed by atoms with van der Waals surface area (Å²) < 4.78 is 2.56. The van der Waals surface area contributed by atoms with E-state index < -0.39 is 0 Å². The number of rotatable bonds is 7. The summed E-state index contributed by atoms with van der Waals surface area (Å²) in [6.45, 7) is 4.78. The second-order valence-electron chi connectivity index (χ2n) is 8.50. The van der Waals surface area contributed by atoms with Crippen molar-refractivity contribution in [3.05, 3.63) is 33.0 Å². The molecule has 2 aromatic rings. The minimum atomic E-state index is -0.0450. The van der Waals surface area contributed by atoms with E-state index in [9.17, 15) is 9.59 Å². The van der Waals surface area contributed by atoms with E-state index in [1.165, 1.54) is 37.4 Å². The molecule has 7 heteroatoms. The van der Waals surface area contributed by atoms with Gasteiger partial charge >= 0.3 is 0 Å². The molecule has 4 atom stereocenters. The summed E-state index contributed by atoms with van der Waals surface area (Å²) in [6, 6.07) is 5.77. The van der Waals surface area contributed by atoms with Crippen LogP contribution in [0.25, 0.3) is 10.9 Å². The molecule has 1 N–H and O–H groups in total. The first-order chi connectivity index (χ1) is 14.0. The number of fused-ring (bicyclic) bond motifs is 3. The first kappa shape index (κ1) is 20.9. The Balaban J connectivity index is 1.45. The van der Waals surface area contributed by atoms with Gasteiger partial charge in [0.2, 0.25) is 5.91 Å². The topological polar surface area (TPSA) is 64.0 Å². The van der Waals surface area contributed by atoms with Crippen LogP contribution in [0.1, 0.15) is 46.0 Å². The van der Waals surface area contributed by atoms with E-state index in [0.717, 1.165) is 22.7 Å². The van der Waals surface area contributed by atoms with Gasteiger partial charge in [-0.15, -0.1) is 0 Å². The minimum Gasteiger partial charge on any atom is -0.353 e. The molecule has 0 saturated heterocycles. The van der Waals surface area contributed by atoms with Gasteiger partial charge in [-0.2, -0.15) is 0 Å². The van der Waals surface area contributed by atoms with Crippen LogP contribution in [0, 0.1) is 17.8 Å². The van der Waals surface area contributed by atoms with E-state index in [-0.39, 0.29) is 23.3 Å². The van der Waals surface area contributed by atoms with Crippen molar-refractivity contribution in [2.75, 3.05) is 5.75 Å². The molecule has 5 nitrogen and oxygen atoms in total. The lowest BCUT2D eigenvalue weighted by Gasteiger charge is -2.28. The molecule has 4 unspecified atom stereocenters. The highest BCUT2D eigenvalue weighted by molar-refractivity contribution is 9.10. The number of hydrogen-bond acceptors (Lipinski definition) is 4. The van der Waals surface area contributed by atoms with Crippen LogP contribution >= 0.6 is 27.7 Å². The molecule has 2 fully saturated rings. The second-order valence-corrected chi connectivity index (χ2v) is 10.4. The summed E-state index contributed by atoms with van der Waals surface area (Å²) in [5.74, 6) is 2.60. The molecule has 0 spiro atoms. The highest BCUT2D eigenvalue weighted by Gasteiger charge is 2.42. The van der Waals surface area contributed by atoms with Gasteiger partial charge in [-0.25, -0.2) is 4.98 Å². The number of carbonyl (C=O) groups is 1. The third kappa shape index (κ3) is 4.41. The standard InChI is InChI=1S/C22H28BrN3O2S/c1-3-8-26-21(28)18-11-16(23)6-7-19(18)25-22(26)29-12-20(27)24-13(2)17-10-14-4-5-15(17)9-14/h6-7,11,13-15,17H,3-5,8-10,12H2,1-2H3,(H,24,27). The zero-order valence-corrected chi connectivity index (χ0v) is 19.4. The number of benzene rings is 1. The molecule has 2 saturated carbocycles. The normalized spacial score (nSPS) is 24.2. The summed E-state index contributed by atoms with van der Waals surface area (Å²) >= 11 is 4.78. The summed E-state index contributed by atoms with van der Waals surface area (Å²) in [4.78, 5) is 30.2. The van der Waals surface area contributed by atoms with Crippen molar-refractivity contribution in [1.82, 2.24) is 14.9 Å². The van der Waals surface area contributed by atoms with Gasteiger partial charge in [0.25, 0.3) is 5.56 Å². The van der Waals surface area contributed by atoms with Crippen LogP contribution in [-0.4, -0.2) is 27.3 Å². The highest BCUT2D eigenvalue weighted by Crippen LogP contribution is 2.49. The van der Waals surface area contributed by atoms with E-state index in [0.29, 0.717) is 28.5 Å². The molecule has 156 valence electrons. The minimum absolute atomic E-state index is 0.0264. The number of aromatic nitrogens is 2. The van der Waals surface area contributed by atoms with Crippen molar-refractivity contribution in [3.8, 4) is 0 Å². The molecule has 29 heavy (non-hydrogen) atoms. The molecule has 1 aromatic carbocycles. The van der Waals surface area contributed by atoms with Crippen LogP contribution in [0.15, 0.2) is 32.6 Å². The molecule has 2 aliphatic rings. The maximum Gasteiger partial charge on any atom is 0.262 e. The van der Waals surface area contributed by atoms with Crippen molar-refractivity contribution in [2.45, 2.75) is 63.7 Å². The van der Waals surface area contributed by atoms with E-state index in [1.54, 1.807) is 4.57 Å². The molecule has 1 aromatic heterocycles. The smallest absolute Gasteiger partial charge is 0.262 e. The summed E-state index contributed by atoms with van der Waals surface area (Å²) in [5, 5.41) is 4.43. The number of amides is 1. The third-order valence-electron chi connectivity index (χ3n) is 6.48. The van der Waals surface area contributed by atoms with Crippen molar-refractivity contribution in [1.29, 1.82) is 0 Å². The monoisotopic (exact) mass is 477 g/mol. The summed E-state index contributed by atoms with van der Waals surface area (Å²) in [5.41, 5.74) is 0.625. The fourth-order valence-corrected chi connectivity index (χ4v) is 6.34. The van der Waals surface area contributed by atoms with Crippen LogP contribution in [0.2, 0.25) is 0 Å². The van der Waals surface area contributed by atoms with Gasteiger partial charge < -0.3 is 5.32 Å². The number of nitrogens with zero attached hydrogens (tertiary/aromatic N) is 2. The average Bonchev–Trinajstić information content (AvgIpc) is 3.33. The fraction of sp³-hybridized carbons (Fsp3) is 0.591. The zero-order valence-electron chi connectivity index (χ0n) is 17.0. The maximum absolute atomic E-state index is 12.9. The average molecular weight is 478 g/mol. The Labute approximate surface area is 184 Å². The first-order valence-electron chi connectivity index (χ1n) is 10.6. The molecular weight excluding hydrogens is 450 g/mol. The fourth-order valence-electron chi connectivity index (χ4n) is 5.14. The van der Waals surface area contributed by atoms with Crippen LogP contribution in [0.3, 0.4) is 0 Å². The van der Waals surface area contributed by atoms with Gasteiger partial charge in [0, 0.05) is 17.1 Å². The number of hydrogen-bond donors (Lipinski definition) is 1. The van der Waals surface area contributed by atoms with Crippen LogP contribution in [0.5, 0.6) is 0 Å². The Morgan fingerprint density at radius 3 is 2.90 bits per heavy atom. The quantitative estimate of drug-likeness (QED) is 0.467. The summed E-state index contributed by atoms with van der Waals surface area (Å²) in [7, 11) is 0. The Morgan fingerprint density at radius 2 is 2.21 bits per heavy atom. The predicted molar refractivity (Wildman–Crippen MR) is 121 cm³/mol. The molecular formula is C22H28BrN3O2S. The second kappa shape index (κ2) is 8.80. The van der Waals surface area contributed by atoms with Crippen LogP contribution in [-0.2, 0) is 11.3 Å². The lowest BCUT2D eigenvalue weighted by Crippen LogP contribution is -2.41. The number of thioether (sulfide) groups is 1. The lowest BCUT2D eigenvalue weighted by molar-refractivity contribution is -0.119. The molecule has 1 heterocycles. The number of nitrogens with one attached hydrogen (secondary N) is 1. The molecule has 0 radical (unpaired) electrons. The van der Waals surface area contributed by atoms with Crippen molar-refractivity contribution in [2.24, 2.45) is 17.8 Å². The highest BCUT2D eigenvalue weighted by atomic mass is 79.9. The van der Waals surface area contributed by atoms with Crippen LogP contribution < -0.4 is 10.9 Å². The number of carbonyl (C=O) groups excluding carboxylic acids is 1. The van der Waals surface area contributed by atoms with Gasteiger partial charge in [-0.05, 0) is 68.6 Å². The first-order valence-corrected chi connectivity index (χ1v) is 12.4. The Bertz CT molecular complexity index is 976. The van der Waals surface area contributed by atoms with Gasteiger partial charge in [0.05, 0.1) is 16.7 Å². The Hall–Kier alpha value is -1.34. The van der Waals surface area contributed by atoms with E-state index in [1.807, 2.05) is 25.1 Å². The predicted octanol–water partition coefficient (Wildman–Crippen LogP) is 4.60. The van der Waals surface area contributed by atoms with Crippen molar-refractivity contribution >= 4 is 44.5 Å². The molecule has 1 amide bonds. The number of halogens is 1. The third-order valence-corrected chi connectivity index (χ3v) is 7.95. The molecule has 2 aliphatic carbocycles. The molecule has 0 aliphatic heterocycles. The molecule has 2 bridgehead atoms. The largest absolute Gasteiger partial charge is 0.353 e. The van der Waals surface area contributed by atoms with Gasteiger partial charge in [-0.3, -0.25) is 14.2 Å². The van der Waals surface area contributed by atoms with E-state index in [2.05, 4.69) is 33.2 Å². The summed E-state index contributed by atoms with van der Waals surface area (Å²) in [6.07, 6.45) is 6.14. The SMILES string of the molecule is CCCn1c(SCC(=O)NC(C)C2CC3CCC2C3)nc2ccc(Br)cc2c1=O.